The summed E-state index contributed by atoms with van der Waals surface area (Å²) in [6, 6.07) is 5.73. The number of aromatic nitrogens is 2. The molecule has 0 amide bonds. The summed E-state index contributed by atoms with van der Waals surface area (Å²) >= 11 is 3.43. The number of benzene rings is 1. The quantitative estimate of drug-likeness (QED) is 0.928. The molecule has 1 N–H and O–H groups in total. The van der Waals surface area contributed by atoms with E-state index in [2.05, 4.69) is 25.9 Å². The maximum Gasteiger partial charge on any atom is 0.241 e. The normalized spacial score (nSPS) is 12.1. The van der Waals surface area contributed by atoms with Crippen LogP contribution in [0.15, 0.2) is 28.9 Å². The van der Waals surface area contributed by atoms with Crippen molar-refractivity contribution in [3.8, 4) is 11.8 Å². The summed E-state index contributed by atoms with van der Waals surface area (Å²) in [5, 5.41) is 10.5. The van der Waals surface area contributed by atoms with Gasteiger partial charge in [0.1, 0.15) is 11.8 Å². The molecular formula is C14H15BrN2O3. The van der Waals surface area contributed by atoms with Crippen LogP contribution in [0.4, 0.5) is 0 Å². The first kappa shape index (κ1) is 14.7. The monoisotopic (exact) mass is 338 g/mol. The van der Waals surface area contributed by atoms with E-state index >= 15 is 0 Å². The summed E-state index contributed by atoms with van der Waals surface area (Å²) in [7, 11) is 2.97. The van der Waals surface area contributed by atoms with Gasteiger partial charge in [0.25, 0.3) is 0 Å². The number of aryl methyl sites for hydroxylation is 1. The Morgan fingerprint density at radius 2 is 2.00 bits per heavy atom. The highest BCUT2D eigenvalue weighted by atomic mass is 79.9. The van der Waals surface area contributed by atoms with E-state index in [-0.39, 0.29) is 5.88 Å². The van der Waals surface area contributed by atoms with Crippen molar-refractivity contribution >= 4 is 15.9 Å². The van der Waals surface area contributed by atoms with E-state index < -0.39 is 6.10 Å². The molecule has 0 aliphatic carbocycles. The molecule has 1 aromatic carbocycles. The first-order chi connectivity index (χ1) is 9.56. The largest absolute Gasteiger partial charge is 0.480 e. The van der Waals surface area contributed by atoms with Gasteiger partial charge in [0.2, 0.25) is 11.8 Å². The minimum atomic E-state index is -0.933. The molecule has 106 valence electrons. The van der Waals surface area contributed by atoms with Crippen LogP contribution in [-0.4, -0.2) is 29.3 Å². The van der Waals surface area contributed by atoms with Crippen molar-refractivity contribution in [2.24, 2.45) is 0 Å². The van der Waals surface area contributed by atoms with Crippen LogP contribution in [0.3, 0.4) is 0 Å². The fraction of sp³-hybridized carbons (Fsp3) is 0.286. The lowest BCUT2D eigenvalue weighted by atomic mass is 10.0. The van der Waals surface area contributed by atoms with Gasteiger partial charge >= 0.3 is 0 Å². The predicted octanol–water partition coefficient (Wildman–Crippen LogP) is 2.65. The minimum absolute atomic E-state index is 0.241. The van der Waals surface area contributed by atoms with E-state index in [0.29, 0.717) is 17.1 Å². The van der Waals surface area contributed by atoms with Crippen LogP contribution in [-0.2, 0) is 0 Å². The van der Waals surface area contributed by atoms with E-state index in [9.17, 15) is 5.11 Å². The Bertz CT molecular complexity index is 619. The van der Waals surface area contributed by atoms with Gasteiger partial charge in [-0.1, -0.05) is 33.6 Å². The summed E-state index contributed by atoms with van der Waals surface area (Å²) in [5.41, 5.74) is 2.10. The van der Waals surface area contributed by atoms with Crippen LogP contribution in [0.5, 0.6) is 11.8 Å². The molecule has 5 nitrogen and oxygen atoms in total. The minimum Gasteiger partial charge on any atom is -0.480 e. The maximum absolute atomic E-state index is 10.5. The van der Waals surface area contributed by atoms with Crippen molar-refractivity contribution in [3.05, 3.63) is 45.7 Å². The van der Waals surface area contributed by atoms with E-state index in [0.717, 1.165) is 10.0 Å². The van der Waals surface area contributed by atoms with Crippen molar-refractivity contribution in [3.63, 3.8) is 0 Å². The van der Waals surface area contributed by atoms with Crippen molar-refractivity contribution in [2.75, 3.05) is 14.2 Å². The fourth-order valence-corrected chi connectivity index (χ4v) is 2.29. The smallest absolute Gasteiger partial charge is 0.241 e. The van der Waals surface area contributed by atoms with Crippen molar-refractivity contribution < 1.29 is 14.6 Å². The molecule has 0 radical (unpaired) electrons. The number of methoxy groups -OCH3 is 2. The number of rotatable bonds is 4. The first-order valence-electron chi connectivity index (χ1n) is 5.96. The average Bonchev–Trinajstić information content (AvgIpc) is 2.48. The topological polar surface area (TPSA) is 64.5 Å². The number of aliphatic hydroxyl groups is 1. The first-order valence-corrected chi connectivity index (χ1v) is 6.75. The molecule has 20 heavy (non-hydrogen) atoms. The Morgan fingerprint density at radius 1 is 1.25 bits per heavy atom. The van der Waals surface area contributed by atoms with Gasteiger partial charge in [-0.05, 0) is 13.0 Å². The molecule has 1 aromatic heterocycles. The Morgan fingerprint density at radius 3 is 2.65 bits per heavy atom. The second-order valence-corrected chi connectivity index (χ2v) is 5.09. The van der Waals surface area contributed by atoms with E-state index in [1.165, 1.54) is 20.4 Å². The molecule has 0 aliphatic rings. The third-order valence-corrected chi connectivity index (χ3v) is 3.57. The third kappa shape index (κ3) is 2.91. The second kappa shape index (κ2) is 6.19. The average molecular weight is 339 g/mol. The van der Waals surface area contributed by atoms with Crippen LogP contribution < -0.4 is 9.47 Å². The van der Waals surface area contributed by atoms with Crippen molar-refractivity contribution in [2.45, 2.75) is 13.0 Å². The SMILES string of the molecule is COc1cnc(C(O)c2cc(C)ccc2Br)c(OC)n1. The maximum atomic E-state index is 10.5. The van der Waals surface area contributed by atoms with Gasteiger partial charge < -0.3 is 14.6 Å². The van der Waals surface area contributed by atoms with E-state index in [1.807, 2.05) is 25.1 Å². The second-order valence-electron chi connectivity index (χ2n) is 4.23. The molecule has 2 rings (SSSR count). The lowest BCUT2D eigenvalue weighted by Gasteiger charge is -2.15. The molecule has 1 heterocycles. The Labute approximate surface area is 125 Å². The molecule has 6 heteroatoms. The number of nitrogens with zero attached hydrogens (tertiary/aromatic N) is 2. The van der Waals surface area contributed by atoms with Crippen LogP contribution in [0.25, 0.3) is 0 Å². The van der Waals surface area contributed by atoms with Crippen LogP contribution in [0.1, 0.15) is 22.9 Å². The lowest BCUT2D eigenvalue weighted by molar-refractivity contribution is 0.206. The molecule has 1 unspecified atom stereocenters. The van der Waals surface area contributed by atoms with Gasteiger partial charge in [-0.25, -0.2) is 4.98 Å². The standard InChI is InChI=1S/C14H15BrN2O3/c1-8-4-5-10(15)9(6-8)13(18)12-14(20-3)17-11(19-2)7-16-12/h4-7,13,18H,1-3H3. The van der Waals surface area contributed by atoms with Gasteiger partial charge in [-0.2, -0.15) is 4.98 Å². The summed E-state index contributed by atoms with van der Waals surface area (Å²) in [6.45, 7) is 1.96. The Balaban J connectivity index is 2.47. The lowest BCUT2D eigenvalue weighted by Crippen LogP contribution is -2.08. The summed E-state index contributed by atoms with van der Waals surface area (Å²) in [6.07, 6.45) is 0.516. The number of hydrogen-bond acceptors (Lipinski definition) is 5. The Kier molecular flexibility index (Phi) is 4.57. The number of hydrogen-bond donors (Lipinski definition) is 1. The highest BCUT2D eigenvalue weighted by molar-refractivity contribution is 9.10. The molecule has 0 spiro atoms. The molecule has 1 atom stereocenters. The number of ether oxygens (including phenoxy) is 2. The zero-order valence-electron chi connectivity index (χ0n) is 11.4. The summed E-state index contributed by atoms with van der Waals surface area (Å²) < 4.78 is 11.0. The number of halogens is 1. The molecule has 0 saturated heterocycles. The van der Waals surface area contributed by atoms with Gasteiger partial charge in [-0.3, -0.25) is 0 Å². The fourth-order valence-electron chi connectivity index (χ4n) is 1.82. The van der Waals surface area contributed by atoms with Crippen molar-refractivity contribution in [1.82, 2.24) is 9.97 Å². The zero-order valence-corrected chi connectivity index (χ0v) is 13.0. The molecule has 0 saturated carbocycles. The Hall–Kier alpha value is -1.66. The van der Waals surface area contributed by atoms with Crippen molar-refractivity contribution in [1.29, 1.82) is 0 Å². The highest BCUT2D eigenvalue weighted by Crippen LogP contribution is 2.32. The van der Waals surface area contributed by atoms with Crippen LogP contribution in [0, 0.1) is 6.92 Å². The molecule has 0 fully saturated rings. The molecule has 0 bridgehead atoms. The summed E-state index contributed by atoms with van der Waals surface area (Å²) in [4.78, 5) is 8.31. The van der Waals surface area contributed by atoms with Gasteiger partial charge in [0.05, 0.1) is 20.4 Å². The predicted molar refractivity (Wildman–Crippen MR) is 78.1 cm³/mol. The van der Waals surface area contributed by atoms with Crippen LogP contribution in [0.2, 0.25) is 0 Å². The molecule has 2 aromatic rings. The van der Waals surface area contributed by atoms with Gasteiger partial charge in [0.15, 0.2) is 0 Å². The third-order valence-electron chi connectivity index (χ3n) is 2.85. The number of aliphatic hydroxyl groups excluding tert-OH is 1. The van der Waals surface area contributed by atoms with E-state index in [1.54, 1.807) is 0 Å². The van der Waals surface area contributed by atoms with E-state index in [4.69, 9.17) is 9.47 Å². The van der Waals surface area contributed by atoms with Crippen LogP contribution >= 0.6 is 15.9 Å². The molecule has 0 aliphatic heterocycles. The van der Waals surface area contributed by atoms with Gasteiger partial charge in [0, 0.05) is 10.0 Å². The highest BCUT2D eigenvalue weighted by Gasteiger charge is 2.21. The summed E-state index contributed by atoms with van der Waals surface area (Å²) in [5.74, 6) is 0.575. The molecular weight excluding hydrogens is 324 g/mol. The zero-order chi connectivity index (χ0) is 14.7. The van der Waals surface area contributed by atoms with Gasteiger partial charge in [-0.15, -0.1) is 0 Å².